The van der Waals surface area contributed by atoms with Gasteiger partial charge in [-0.25, -0.2) is 0 Å². The number of carbonyl (C=O) groups excluding carboxylic acids is 1. The molecule has 0 aliphatic heterocycles. The van der Waals surface area contributed by atoms with Crippen LogP contribution in [0.2, 0.25) is 0 Å². The van der Waals surface area contributed by atoms with E-state index in [0.717, 1.165) is 5.56 Å². The van der Waals surface area contributed by atoms with Crippen molar-refractivity contribution in [2.75, 3.05) is 19.5 Å². The van der Waals surface area contributed by atoms with Gasteiger partial charge in [0.15, 0.2) is 0 Å². The molecule has 0 unspecified atom stereocenters. The number of rotatable bonds is 7. The SMILES string of the molecule is COc1cc(Cn2cc(C(=O)Nc3cccc([N+](=O)[O-])c3)ccc2=O)cc(OC)c1. The fraction of sp³-hybridized carbons (Fsp3) is 0.143. The van der Waals surface area contributed by atoms with Gasteiger partial charge in [-0.2, -0.15) is 0 Å². The van der Waals surface area contributed by atoms with E-state index in [0.29, 0.717) is 11.5 Å². The molecule has 1 amide bonds. The summed E-state index contributed by atoms with van der Waals surface area (Å²) in [6, 6.07) is 13.6. The van der Waals surface area contributed by atoms with Crippen LogP contribution < -0.4 is 20.3 Å². The number of hydrogen-bond donors (Lipinski definition) is 1. The number of non-ortho nitro benzene ring substituents is 1. The lowest BCUT2D eigenvalue weighted by Crippen LogP contribution is -2.22. The zero-order valence-corrected chi connectivity index (χ0v) is 16.3. The largest absolute Gasteiger partial charge is 0.497 e. The lowest BCUT2D eigenvalue weighted by Gasteiger charge is -2.11. The summed E-state index contributed by atoms with van der Waals surface area (Å²) in [5.74, 6) is 0.668. The highest BCUT2D eigenvalue weighted by atomic mass is 16.6. The molecule has 0 fully saturated rings. The minimum atomic E-state index is -0.543. The highest BCUT2D eigenvalue weighted by Gasteiger charge is 2.12. The maximum absolute atomic E-state index is 12.6. The van der Waals surface area contributed by atoms with Gasteiger partial charge in [-0.3, -0.25) is 19.7 Å². The minimum Gasteiger partial charge on any atom is -0.497 e. The first-order valence-electron chi connectivity index (χ1n) is 8.88. The van der Waals surface area contributed by atoms with E-state index < -0.39 is 10.8 Å². The van der Waals surface area contributed by atoms with Gasteiger partial charge in [0.1, 0.15) is 11.5 Å². The molecule has 1 N–H and O–H groups in total. The van der Waals surface area contributed by atoms with Crippen LogP contribution in [0.5, 0.6) is 11.5 Å². The van der Waals surface area contributed by atoms with Crippen LogP contribution in [0.3, 0.4) is 0 Å². The van der Waals surface area contributed by atoms with Crippen molar-refractivity contribution < 1.29 is 19.2 Å². The number of benzene rings is 2. The first kappa shape index (κ1) is 20.6. The number of nitrogens with zero attached hydrogens (tertiary/aromatic N) is 2. The van der Waals surface area contributed by atoms with Crippen LogP contribution >= 0.6 is 0 Å². The van der Waals surface area contributed by atoms with E-state index in [1.165, 1.54) is 55.3 Å². The van der Waals surface area contributed by atoms with Crippen LogP contribution in [0.1, 0.15) is 15.9 Å². The van der Waals surface area contributed by atoms with E-state index in [1.54, 1.807) is 24.3 Å². The van der Waals surface area contributed by atoms with Crippen molar-refractivity contribution in [2.24, 2.45) is 0 Å². The Kier molecular flexibility index (Phi) is 6.11. The van der Waals surface area contributed by atoms with Crippen molar-refractivity contribution >= 4 is 17.3 Å². The molecule has 0 saturated heterocycles. The number of pyridine rings is 1. The Morgan fingerprint density at radius 3 is 2.40 bits per heavy atom. The molecular formula is C21H19N3O6. The maximum atomic E-state index is 12.6. The molecule has 9 nitrogen and oxygen atoms in total. The zero-order valence-electron chi connectivity index (χ0n) is 16.3. The van der Waals surface area contributed by atoms with Gasteiger partial charge in [-0.05, 0) is 29.8 Å². The fourth-order valence-electron chi connectivity index (χ4n) is 2.84. The fourth-order valence-corrected chi connectivity index (χ4v) is 2.84. The Balaban J connectivity index is 1.85. The zero-order chi connectivity index (χ0) is 21.7. The second-order valence-corrected chi connectivity index (χ2v) is 6.37. The molecular weight excluding hydrogens is 390 g/mol. The van der Waals surface area contributed by atoms with Crippen LogP contribution in [0, 0.1) is 10.1 Å². The van der Waals surface area contributed by atoms with Crippen molar-refractivity contribution in [3.63, 3.8) is 0 Å². The van der Waals surface area contributed by atoms with Crippen molar-refractivity contribution in [2.45, 2.75) is 6.54 Å². The van der Waals surface area contributed by atoms with Gasteiger partial charge in [0, 0.05) is 36.1 Å². The normalized spacial score (nSPS) is 10.3. The first-order chi connectivity index (χ1) is 14.4. The summed E-state index contributed by atoms with van der Waals surface area (Å²) in [4.78, 5) is 35.2. The molecule has 0 saturated carbocycles. The second kappa shape index (κ2) is 8.91. The molecule has 30 heavy (non-hydrogen) atoms. The highest BCUT2D eigenvalue weighted by Crippen LogP contribution is 2.23. The molecule has 3 rings (SSSR count). The summed E-state index contributed by atoms with van der Waals surface area (Å²) >= 11 is 0. The van der Waals surface area contributed by atoms with Gasteiger partial charge in [-0.1, -0.05) is 6.07 Å². The molecule has 3 aromatic rings. The number of amides is 1. The number of anilines is 1. The summed E-state index contributed by atoms with van der Waals surface area (Å²) in [5.41, 5.74) is 0.846. The second-order valence-electron chi connectivity index (χ2n) is 6.37. The van der Waals surface area contributed by atoms with E-state index >= 15 is 0 Å². The van der Waals surface area contributed by atoms with Gasteiger partial charge in [0.05, 0.1) is 31.3 Å². The van der Waals surface area contributed by atoms with E-state index in [4.69, 9.17) is 9.47 Å². The van der Waals surface area contributed by atoms with Gasteiger partial charge in [0.2, 0.25) is 0 Å². The average molecular weight is 409 g/mol. The third kappa shape index (κ3) is 4.82. The Morgan fingerprint density at radius 1 is 1.07 bits per heavy atom. The number of aromatic nitrogens is 1. The Labute approximate surface area is 171 Å². The van der Waals surface area contributed by atoms with E-state index in [2.05, 4.69) is 5.32 Å². The molecule has 0 radical (unpaired) electrons. The quantitative estimate of drug-likeness (QED) is 0.474. The van der Waals surface area contributed by atoms with Crippen molar-refractivity contribution in [3.05, 3.63) is 92.4 Å². The Morgan fingerprint density at radius 2 is 1.77 bits per heavy atom. The highest BCUT2D eigenvalue weighted by molar-refractivity contribution is 6.04. The number of nitro groups is 1. The summed E-state index contributed by atoms with van der Waals surface area (Å²) in [6.07, 6.45) is 1.43. The molecule has 2 aromatic carbocycles. The molecule has 1 aromatic heterocycles. The third-order valence-electron chi connectivity index (χ3n) is 4.32. The van der Waals surface area contributed by atoms with Gasteiger partial charge in [0.25, 0.3) is 17.2 Å². The molecule has 154 valence electrons. The molecule has 0 atom stereocenters. The number of methoxy groups -OCH3 is 2. The molecule has 0 aliphatic carbocycles. The van der Waals surface area contributed by atoms with Crippen LogP contribution in [-0.4, -0.2) is 29.6 Å². The van der Waals surface area contributed by atoms with Gasteiger partial charge in [-0.15, -0.1) is 0 Å². The van der Waals surface area contributed by atoms with E-state index in [-0.39, 0.29) is 29.0 Å². The van der Waals surface area contributed by atoms with Crippen LogP contribution in [0.15, 0.2) is 65.6 Å². The Bertz CT molecular complexity index is 1130. The van der Waals surface area contributed by atoms with Crippen molar-refractivity contribution in [3.8, 4) is 11.5 Å². The van der Waals surface area contributed by atoms with E-state index in [9.17, 15) is 19.7 Å². The number of nitro benzene ring substituents is 1. The number of hydrogen-bond acceptors (Lipinski definition) is 6. The molecule has 1 heterocycles. The summed E-state index contributed by atoms with van der Waals surface area (Å²) < 4.78 is 11.9. The van der Waals surface area contributed by atoms with Crippen LogP contribution in [0.4, 0.5) is 11.4 Å². The lowest BCUT2D eigenvalue weighted by atomic mass is 10.2. The van der Waals surface area contributed by atoms with Crippen molar-refractivity contribution in [1.29, 1.82) is 0 Å². The smallest absolute Gasteiger partial charge is 0.271 e. The molecule has 0 spiro atoms. The minimum absolute atomic E-state index is 0.134. The Hall–Kier alpha value is -4.14. The third-order valence-corrected chi connectivity index (χ3v) is 4.32. The van der Waals surface area contributed by atoms with E-state index in [1.807, 2.05) is 0 Å². The first-order valence-corrected chi connectivity index (χ1v) is 8.88. The molecule has 0 bridgehead atoms. The molecule has 9 heteroatoms. The molecule has 0 aliphatic rings. The van der Waals surface area contributed by atoms with Crippen LogP contribution in [-0.2, 0) is 6.54 Å². The topological polar surface area (TPSA) is 113 Å². The van der Waals surface area contributed by atoms with Crippen molar-refractivity contribution in [1.82, 2.24) is 4.57 Å². The summed E-state index contributed by atoms with van der Waals surface area (Å²) in [7, 11) is 3.06. The van der Waals surface area contributed by atoms with Crippen LogP contribution in [0.25, 0.3) is 0 Å². The number of ether oxygens (including phenoxy) is 2. The maximum Gasteiger partial charge on any atom is 0.271 e. The monoisotopic (exact) mass is 409 g/mol. The summed E-state index contributed by atoms with van der Waals surface area (Å²) in [5, 5.41) is 13.5. The predicted octanol–water partition coefficient (Wildman–Crippen LogP) is 3.07. The standard InChI is InChI=1S/C21H19N3O6/c1-29-18-8-14(9-19(11-18)30-2)12-23-13-15(6-7-20(23)25)21(26)22-16-4-3-5-17(10-16)24(27)28/h3-11,13H,12H2,1-2H3,(H,22,26). The number of carbonyl (C=O) groups is 1. The summed E-state index contributed by atoms with van der Waals surface area (Å²) in [6.45, 7) is 0.199. The average Bonchev–Trinajstić information content (AvgIpc) is 2.75. The van der Waals surface area contributed by atoms with Gasteiger partial charge < -0.3 is 19.4 Å². The lowest BCUT2D eigenvalue weighted by molar-refractivity contribution is -0.384. The van der Waals surface area contributed by atoms with Gasteiger partial charge >= 0.3 is 0 Å². The number of nitrogens with one attached hydrogen (secondary N) is 1. The predicted molar refractivity (Wildman–Crippen MR) is 110 cm³/mol.